The highest BCUT2D eigenvalue weighted by molar-refractivity contribution is 5.91. The van der Waals surface area contributed by atoms with Crippen LogP contribution < -0.4 is 4.74 Å². The number of rotatable bonds is 5. The molecule has 7 nitrogen and oxygen atoms in total. The van der Waals surface area contributed by atoms with E-state index in [0.717, 1.165) is 43.0 Å². The normalized spacial score (nSPS) is 35.1. The fraction of sp³-hybridized carbons (Fsp3) is 0.536. The van der Waals surface area contributed by atoms with Gasteiger partial charge >= 0.3 is 0 Å². The number of amides is 1. The number of nitrogens with zero attached hydrogens (tertiary/aromatic N) is 2. The first kappa shape index (κ1) is 21.5. The second kappa shape index (κ2) is 7.37. The summed E-state index contributed by atoms with van der Waals surface area (Å²) >= 11 is 0. The molecule has 2 N–H and O–H groups in total. The number of piperidine rings is 1. The lowest BCUT2D eigenvalue weighted by molar-refractivity contribution is -0.200. The summed E-state index contributed by atoms with van der Waals surface area (Å²) in [6.45, 7) is 1.96. The number of furan rings is 1. The maximum absolute atomic E-state index is 13.2. The van der Waals surface area contributed by atoms with Gasteiger partial charge in [-0.25, -0.2) is 0 Å². The highest BCUT2D eigenvalue weighted by Crippen LogP contribution is 2.66. The molecule has 1 aromatic carbocycles. The Morgan fingerprint density at radius 2 is 2.11 bits per heavy atom. The Morgan fingerprint density at radius 1 is 1.26 bits per heavy atom. The predicted molar refractivity (Wildman–Crippen MR) is 129 cm³/mol. The number of likely N-dealkylation sites (N-methyl/N-ethyl adjacent to an activating group) is 1. The van der Waals surface area contributed by atoms with Crippen molar-refractivity contribution in [2.24, 2.45) is 5.92 Å². The zero-order chi connectivity index (χ0) is 23.9. The van der Waals surface area contributed by atoms with Crippen molar-refractivity contribution < 1.29 is 24.2 Å². The van der Waals surface area contributed by atoms with Crippen LogP contribution in [0.15, 0.2) is 41.2 Å². The van der Waals surface area contributed by atoms with Crippen LogP contribution in [-0.2, 0) is 16.6 Å². The number of phenolic OH excluding ortho intramolecular Hbond substituents is 1. The molecule has 1 spiro atoms. The lowest BCUT2D eigenvalue weighted by atomic mass is 9.48. The van der Waals surface area contributed by atoms with Crippen LogP contribution in [0, 0.1) is 5.92 Å². The van der Waals surface area contributed by atoms with Crippen molar-refractivity contribution in [2.75, 3.05) is 20.1 Å². The number of ether oxygens (including phenoxy) is 1. The minimum atomic E-state index is -0.941. The van der Waals surface area contributed by atoms with Crippen molar-refractivity contribution in [1.82, 2.24) is 9.80 Å². The molecule has 1 aromatic heterocycles. The third kappa shape index (κ3) is 2.88. The van der Waals surface area contributed by atoms with Crippen molar-refractivity contribution >= 4 is 12.0 Å². The summed E-state index contributed by atoms with van der Waals surface area (Å²) in [5.74, 6) is 1.28. The monoisotopic (exact) mass is 476 g/mol. The van der Waals surface area contributed by atoms with E-state index in [4.69, 9.17) is 9.15 Å². The number of carbonyl (C=O) groups is 1. The fourth-order valence-electron chi connectivity index (χ4n) is 7.67. The van der Waals surface area contributed by atoms with E-state index in [1.54, 1.807) is 35.6 Å². The van der Waals surface area contributed by atoms with E-state index in [9.17, 15) is 15.0 Å². The van der Waals surface area contributed by atoms with E-state index in [2.05, 4.69) is 4.90 Å². The lowest BCUT2D eigenvalue weighted by Gasteiger charge is -2.64. The summed E-state index contributed by atoms with van der Waals surface area (Å²) in [5.41, 5.74) is 1.44. The third-order valence-electron chi connectivity index (χ3n) is 9.54. The van der Waals surface area contributed by atoms with Crippen molar-refractivity contribution in [3.63, 3.8) is 0 Å². The quantitative estimate of drug-likeness (QED) is 0.645. The van der Waals surface area contributed by atoms with Gasteiger partial charge in [0, 0.05) is 36.8 Å². The molecule has 184 valence electrons. The maximum Gasteiger partial charge on any atom is 0.246 e. The first-order valence-corrected chi connectivity index (χ1v) is 12.9. The van der Waals surface area contributed by atoms with Crippen molar-refractivity contribution in [3.05, 3.63) is 53.5 Å². The van der Waals surface area contributed by atoms with Crippen LogP contribution in [0.4, 0.5) is 0 Å². The zero-order valence-corrected chi connectivity index (χ0v) is 20.0. The third-order valence-corrected chi connectivity index (χ3v) is 9.54. The lowest BCUT2D eigenvalue weighted by Crippen LogP contribution is -2.78. The molecule has 7 heteroatoms. The number of phenols is 1. The number of aliphatic hydroxyl groups is 1. The van der Waals surface area contributed by atoms with E-state index < -0.39 is 17.1 Å². The summed E-state index contributed by atoms with van der Waals surface area (Å²) < 4.78 is 11.7. The number of hydrogen-bond donors (Lipinski definition) is 2. The molecule has 0 radical (unpaired) electrons. The Balaban J connectivity index is 1.28. The average Bonchev–Trinajstić information content (AvgIpc) is 3.36. The summed E-state index contributed by atoms with van der Waals surface area (Å²) in [6.07, 6.45) is 11.5. The molecular formula is C28H32N2O5. The van der Waals surface area contributed by atoms with Gasteiger partial charge in [0.25, 0.3) is 0 Å². The number of carbonyl (C=O) groups excluding carboxylic acids is 1. The Labute approximate surface area is 205 Å². The van der Waals surface area contributed by atoms with Crippen LogP contribution in [0.5, 0.6) is 11.5 Å². The minimum Gasteiger partial charge on any atom is -0.504 e. The van der Waals surface area contributed by atoms with Crippen LogP contribution in [0.25, 0.3) is 6.08 Å². The maximum atomic E-state index is 13.2. The molecule has 3 aliphatic carbocycles. The van der Waals surface area contributed by atoms with Crippen LogP contribution in [0.3, 0.4) is 0 Å². The van der Waals surface area contributed by atoms with Gasteiger partial charge in [0.2, 0.25) is 5.91 Å². The topological polar surface area (TPSA) is 86.4 Å². The summed E-state index contributed by atoms with van der Waals surface area (Å²) in [6, 6.07) is 5.38. The van der Waals surface area contributed by atoms with E-state index in [1.807, 2.05) is 19.2 Å². The molecule has 2 unspecified atom stereocenters. The van der Waals surface area contributed by atoms with E-state index >= 15 is 0 Å². The van der Waals surface area contributed by atoms with Crippen LogP contribution in [0.1, 0.15) is 48.8 Å². The molecule has 3 fully saturated rings. The van der Waals surface area contributed by atoms with E-state index in [-0.39, 0.29) is 23.7 Å². The van der Waals surface area contributed by atoms with E-state index in [0.29, 0.717) is 18.6 Å². The largest absolute Gasteiger partial charge is 0.504 e. The van der Waals surface area contributed by atoms with Gasteiger partial charge in [-0.2, -0.15) is 0 Å². The second-order valence-corrected chi connectivity index (χ2v) is 11.2. The van der Waals surface area contributed by atoms with Gasteiger partial charge < -0.3 is 24.3 Å². The summed E-state index contributed by atoms with van der Waals surface area (Å²) in [7, 11) is 1.82. The Morgan fingerprint density at radius 3 is 2.89 bits per heavy atom. The van der Waals surface area contributed by atoms with Crippen molar-refractivity contribution in [2.45, 2.75) is 67.7 Å². The molecule has 35 heavy (non-hydrogen) atoms. The van der Waals surface area contributed by atoms with Crippen molar-refractivity contribution in [1.29, 1.82) is 0 Å². The molecule has 7 rings (SSSR count). The first-order chi connectivity index (χ1) is 16.9. The van der Waals surface area contributed by atoms with Crippen LogP contribution in [-0.4, -0.2) is 69.8 Å². The predicted octanol–water partition coefficient (Wildman–Crippen LogP) is 3.09. The fourth-order valence-corrected chi connectivity index (χ4v) is 7.67. The zero-order valence-electron chi connectivity index (χ0n) is 20.0. The van der Waals surface area contributed by atoms with Gasteiger partial charge in [0.05, 0.1) is 29.6 Å². The average molecular weight is 477 g/mol. The highest BCUT2D eigenvalue weighted by Gasteiger charge is 2.73. The van der Waals surface area contributed by atoms with Crippen LogP contribution in [0.2, 0.25) is 0 Å². The Bertz CT molecular complexity index is 1200. The van der Waals surface area contributed by atoms with Gasteiger partial charge in [0.15, 0.2) is 11.5 Å². The first-order valence-electron chi connectivity index (χ1n) is 12.9. The molecule has 1 amide bonds. The molecule has 2 aliphatic heterocycles. The molecule has 3 heterocycles. The van der Waals surface area contributed by atoms with Gasteiger partial charge in [-0.05, 0) is 74.8 Å². The number of hydrogen-bond acceptors (Lipinski definition) is 6. The second-order valence-electron chi connectivity index (χ2n) is 11.2. The molecule has 2 saturated carbocycles. The summed E-state index contributed by atoms with van der Waals surface area (Å²) in [5, 5.41) is 23.3. The molecule has 2 bridgehead atoms. The standard InChI is InChI=1S/C28H32N2O5/c1-29(23(32)7-4-18-9-13-34-16-18)20-8-10-28(33)22-14-19-5-6-21(31)25-24(19)27(28,26(20)35-25)11-12-30(22)15-17-2-3-17/h4-7,9,13,16-17,20,22,26,31,33H,2-3,8,10-12,14-15H2,1H3/b7-4+/t20-,22?,26?,27+,28-/m1/s1. The smallest absolute Gasteiger partial charge is 0.246 e. The van der Waals surface area contributed by atoms with Gasteiger partial charge in [-0.15, -0.1) is 0 Å². The Hall–Kier alpha value is -2.77. The SMILES string of the molecule is CN(C(=O)/C=C/c1ccoc1)[C@@H]1CC[C@@]2(O)C3Cc4ccc(O)c5c4[C@@]2(CCN3CC2CC2)C1O5. The molecule has 2 aromatic rings. The van der Waals surface area contributed by atoms with Gasteiger partial charge in [-0.1, -0.05) is 6.07 Å². The minimum absolute atomic E-state index is 0.0360. The highest BCUT2D eigenvalue weighted by atomic mass is 16.5. The number of aromatic hydroxyl groups is 1. The van der Waals surface area contributed by atoms with E-state index in [1.165, 1.54) is 18.4 Å². The summed E-state index contributed by atoms with van der Waals surface area (Å²) in [4.78, 5) is 17.5. The van der Waals surface area contributed by atoms with Gasteiger partial charge in [-0.3, -0.25) is 9.69 Å². The number of benzene rings is 1. The van der Waals surface area contributed by atoms with Crippen molar-refractivity contribution in [3.8, 4) is 11.5 Å². The molecular weight excluding hydrogens is 444 g/mol. The van der Waals surface area contributed by atoms with Crippen LogP contribution >= 0.6 is 0 Å². The molecule has 5 aliphatic rings. The number of likely N-dealkylation sites (tertiary alicyclic amines) is 1. The van der Waals surface area contributed by atoms with Gasteiger partial charge in [0.1, 0.15) is 6.10 Å². The molecule has 1 saturated heterocycles. The molecule has 5 atom stereocenters. The Kier molecular flexibility index (Phi) is 4.53.